The van der Waals surface area contributed by atoms with Crippen molar-refractivity contribution in [3.8, 4) is 22.8 Å². The van der Waals surface area contributed by atoms with Gasteiger partial charge in [0, 0.05) is 23.4 Å². The number of nitrogens with one attached hydrogen (secondary N) is 1. The van der Waals surface area contributed by atoms with E-state index in [2.05, 4.69) is 5.32 Å². The number of benzene rings is 2. The zero-order valence-electron chi connectivity index (χ0n) is 19.8. The third-order valence-corrected chi connectivity index (χ3v) is 6.71. The molecule has 0 saturated carbocycles. The summed E-state index contributed by atoms with van der Waals surface area (Å²) in [5.41, 5.74) is 1.22. The lowest BCUT2D eigenvalue weighted by atomic mass is 10.1. The minimum atomic E-state index is -0.616. The quantitative estimate of drug-likeness (QED) is 0.310. The summed E-state index contributed by atoms with van der Waals surface area (Å²) in [5, 5.41) is 2.31. The number of carbonyl (C=O) groups is 4. The number of ether oxygens (including phenoxy) is 3. The summed E-state index contributed by atoms with van der Waals surface area (Å²) in [6, 6.07) is 12.9. The fourth-order valence-electron chi connectivity index (χ4n) is 3.71. The SMILES string of the molecule is CCOC(=O)c1cc(-c2ccc(/C=C3/SC(=O)N(CC(=O)Nc4ccc5c(c4)OCO5)C3=O)o2)ccc1Cl. The van der Waals surface area contributed by atoms with Crippen molar-refractivity contribution >= 4 is 58.1 Å². The smallest absolute Gasteiger partial charge is 0.339 e. The first-order chi connectivity index (χ1) is 18.3. The minimum Gasteiger partial charge on any atom is -0.462 e. The number of fused-ring (bicyclic) bond motifs is 1. The summed E-state index contributed by atoms with van der Waals surface area (Å²) in [5.74, 6) is 0.0647. The molecule has 2 aliphatic rings. The zero-order chi connectivity index (χ0) is 26.8. The van der Waals surface area contributed by atoms with Gasteiger partial charge < -0.3 is 23.9 Å². The van der Waals surface area contributed by atoms with Crippen LogP contribution in [0.3, 0.4) is 0 Å². The maximum atomic E-state index is 12.8. The van der Waals surface area contributed by atoms with Gasteiger partial charge >= 0.3 is 5.97 Å². The van der Waals surface area contributed by atoms with Crippen molar-refractivity contribution in [1.82, 2.24) is 4.90 Å². The summed E-state index contributed by atoms with van der Waals surface area (Å²) in [6.45, 7) is 1.55. The third kappa shape index (κ3) is 5.24. The molecule has 1 saturated heterocycles. The molecule has 3 aromatic rings. The van der Waals surface area contributed by atoms with Crippen LogP contribution in [-0.4, -0.2) is 47.9 Å². The Morgan fingerprint density at radius 3 is 2.74 bits per heavy atom. The Bertz CT molecular complexity index is 1500. The number of imide groups is 1. The first-order valence-electron chi connectivity index (χ1n) is 11.3. The summed E-state index contributed by atoms with van der Waals surface area (Å²) in [6.07, 6.45) is 1.42. The molecule has 0 atom stereocenters. The van der Waals surface area contributed by atoms with Gasteiger partial charge in [0.2, 0.25) is 12.7 Å². The average molecular weight is 555 g/mol. The number of thioether (sulfide) groups is 1. The molecule has 194 valence electrons. The van der Waals surface area contributed by atoms with Gasteiger partial charge in [0.1, 0.15) is 18.1 Å². The predicted molar refractivity (Wildman–Crippen MR) is 139 cm³/mol. The maximum Gasteiger partial charge on any atom is 0.339 e. The van der Waals surface area contributed by atoms with Gasteiger partial charge in [-0.25, -0.2) is 4.79 Å². The second kappa shape index (κ2) is 10.6. The summed E-state index contributed by atoms with van der Waals surface area (Å²) < 4.78 is 21.4. The molecule has 0 unspecified atom stereocenters. The Balaban J connectivity index is 1.27. The van der Waals surface area contributed by atoms with Gasteiger partial charge in [-0.2, -0.15) is 0 Å². The van der Waals surface area contributed by atoms with E-state index in [9.17, 15) is 19.2 Å². The molecule has 0 radical (unpaired) electrons. The van der Waals surface area contributed by atoms with Crippen LogP contribution >= 0.6 is 23.4 Å². The Morgan fingerprint density at radius 2 is 1.92 bits per heavy atom. The number of rotatable bonds is 7. The fraction of sp³-hybridized carbons (Fsp3) is 0.154. The number of hydrogen-bond donors (Lipinski definition) is 1. The molecular formula is C26H19ClN2O8S. The number of amides is 3. The van der Waals surface area contributed by atoms with Gasteiger partial charge in [-0.05, 0) is 61.2 Å². The summed E-state index contributed by atoms with van der Waals surface area (Å²) in [7, 11) is 0. The number of furan rings is 1. The van der Waals surface area contributed by atoms with Gasteiger partial charge in [0.25, 0.3) is 11.1 Å². The van der Waals surface area contributed by atoms with Crippen molar-refractivity contribution in [1.29, 1.82) is 0 Å². The van der Waals surface area contributed by atoms with E-state index in [1.807, 2.05) is 0 Å². The molecule has 3 heterocycles. The molecular weight excluding hydrogens is 536 g/mol. The molecule has 0 bridgehead atoms. The molecule has 0 spiro atoms. The number of halogens is 1. The van der Waals surface area contributed by atoms with Crippen LogP contribution in [0.2, 0.25) is 5.02 Å². The van der Waals surface area contributed by atoms with Crippen LogP contribution in [0.25, 0.3) is 17.4 Å². The summed E-state index contributed by atoms with van der Waals surface area (Å²) >= 11 is 6.83. The van der Waals surface area contributed by atoms with Gasteiger partial charge in [-0.15, -0.1) is 0 Å². The molecule has 1 fully saturated rings. The molecule has 1 N–H and O–H groups in total. The lowest BCUT2D eigenvalue weighted by Gasteiger charge is -2.12. The fourth-order valence-corrected chi connectivity index (χ4v) is 4.73. The van der Waals surface area contributed by atoms with E-state index in [-0.39, 0.29) is 28.9 Å². The monoisotopic (exact) mass is 554 g/mol. The van der Waals surface area contributed by atoms with Gasteiger partial charge in [0.15, 0.2) is 11.5 Å². The predicted octanol–water partition coefficient (Wildman–Crippen LogP) is 5.18. The number of carbonyl (C=O) groups excluding carboxylic acids is 4. The number of hydrogen-bond acceptors (Lipinski definition) is 9. The Hall–Kier alpha value is -4.22. The summed E-state index contributed by atoms with van der Waals surface area (Å²) in [4.78, 5) is 50.9. The highest BCUT2D eigenvalue weighted by Crippen LogP contribution is 2.35. The van der Waals surface area contributed by atoms with Crippen LogP contribution in [0.5, 0.6) is 11.5 Å². The van der Waals surface area contributed by atoms with Crippen molar-refractivity contribution in [3.05, 3.63) is 69.8 Å². The van der Waals surface area contributed by atoms with E-state index in [0.717, 1.165) is 4.90 Å². The minimum absolute atomic E-state index is 0.0986. The average Bonchev–Trinajstić information content (AvgIpc) is 3.61. The molecule has 12 heteroatoms. The van der Waals surface area contributed by atoms with Crippen LogP contribution in [0, 0.1) is 0 Å². The van der Waals surface area contributed by atoms with Gasteiger partial charge in [-0.1, -0.05) is 11.6 Å². The van der Waals surface area contributed by atoms with E-state index in [1.54, 1.807) is 55.5 Å². The number of anilines is 1. The number of nitrogens with zero attached hydrogens (tertiary/aromatic N) is 1. The molecule has 0 aliphatic carbocycles. The topological polar surface area (TPSA) is 124 Å². The maximum absolute atomic E-state index is 12.8. The van der Waals surface area contributed by atoms with Gasteiger partial charge in [0.05, 0.1) is 22.1 Å². The van der Waals surface area contributed by atoms with Crippen LogP contribution < -0.4 is 14.8 Å². The molecule has 3 amide bonds. The Kier molecular flexibility index (Phi) is 7.12. The van der Waals surface area contributed by atoms with E-state index in [0.29, 0.717) is 46.0 Å². The Labute approximate surface area is 225 Å². The van der Waals surface area contributed by atoms with E-state index >= 15 is 0 Å². The van der Waals surface area contributed by atoms with Crippen LogP contribution in [0.4, 0.5) is 10.5 Å². The second-order valence-corrected chi connectivity index (χ2v) is 9.40. The van der Waals surface area contributed by atoms with Crippen molar-refractivity contribution in [2.75, 3.05) is 25.3 Å². The van der Waals surface area contributed by atoms with Crippen molar-refractivity contribution in [2.45, 2.75) is 6.92 Å². The highest BCUT2D eigenvalue weighted by atomic mass is 35.5. The zero-order valence-corrected chi connectivity index (χ0v) is 21.4. The van der Waals surface area contributed by atoms with Crippen LogP contribution in [0.1, 0.15) is 23.0 Å². The van der Waals surface area contributed by atoms with Crippen LogP contribution in [-0.2, 0) is 14.3 Å². The molecule has 38 heavy (non-hydrogen) atoms. The van der Waals surface area contributed by atoms with E-state index in [4.69, 9.17) is 30.2 Å². The standard InChI is InChI=1S/C26H19ClN2O8S/c1-2-34-25(32)17-9-14(3-6-18(17)27)19-8-5-16(37-19)11-22-24(31)29(26(33)38-22)12-23(30)28-15-4-7-20-21(10-15)36-13-35-20/h3-11H,2,12-13H2,1H3,(H,28,30)/b22-11+. The van der Waals surface area contributed by atoms with E-state index < -0.39 is 29.6 Å². The highest BCUT2D eigenvalue weighted by molar-refractivity contribution is 8.18. The second-order valence-electron chi connectivity index (χ2n) is 8.00. The lowest BCUT2D eigenvalue weighted by Crippen LogP contribution is -2.36. The largest absolute Gasteiger partial charge is 0.462 e. The molecule has 10 nitrogen and oxygen atoms in total. The molecule has 2 aliphatic heterocycles. The van der Waals surface area contributed by atoms with Crippen molar-refractivity contribution < 1.29 is 37.8 Å². The molecule has 5 rings (SSSR count). The first-order valence-corrected chi connectivity index (χ1v) is 12.5. The van der Waals surface area contributed by atoms with Crippen LogP contribution in [0.15, 0.2) is 57.9 Å². The Morgan fingerprint density at radius 1 is 1.11 bits per heavy atom. The molecule has 2 aromatic carbocycles. The van der Waals surface area contributed by atoms with Crippen molar-refractivity contribution in [2.24, 2.45) is 0 Å². The van der Waals surface area contributed by atoms with E-state index in [1.165, 1.54) is 6.08 Å². The number of esters is 1. The van der Waals surface area contributed by atoms with Crippen molar-refractivity contribution in [3.63, 3.8) is 0 Å². The highest BCUT2D eigenvalue weighted by Gasteiger charge is 2.36. The lowest BCUT2D eigenvalue weighted by molar-refractivity contribution is -0.127. The third-order valence-electron chi connectivity index (χ3n) is 5.48. The normalized spacial score (nSPS) is 15.3. The van der Waals surface area contributed by atoms with Gasteiger partial charge in [-0.3, -0.25) is 19.3 Å². The first kappa shape index (κ1) is 25.4. The molecule has 1 aromatic heterocycles.